The predicted molar refractivity (Wildman–Crippen MR) is 106 cm³/mol. The zero-order valence-electron chi connectivity index (χ0n) is 16.2. The molecular formula is C23H26N2O3. The summed E-state index contributed by atoms with van der Waals surface area (Å²) >= 11 is 0. The summed E-state index contributed by atoms with van der Waals surface area (Å²) in [7, 11) is 0. The van der Waals surface area contributed by atoms with E-state index in [1.807, 2.05) is 41.3 Å². The van der Waals surface area contributed by atoms with Crippen LogP contribution in [0.2, 0.25) is 0 Å². The van der Waals surface area contributed by atoms with Crippen molar-refractivity contribution < 1.29 is 14.3 Å². The van der Waals surface area contributed by atoms with Gasteiger partial charge in [-0.2, -0.15) is 0 Å². The van der Waals surface area contributed by atoms with Gasteiger partial charge in [-0.05, 0) is 17.5 Å². The molecular weight excluding hydrogens is 352 g/mol. The Labute approximate surface area is 165 Å². The number of hydrogen-bond donors (Lipinski definition) is 0. The van der Waals surface area contributed by atoms with Crippen LogP contribution in [0.25, 0.3) is 0 Å². The number of rotatable bonds is 5. The number of nitrogens with zero attached hydrogens (tertiary/aromatic N) is 2. The van der Waals surface area contributed by atoms with Crippen molar-refractivity contribution in [1.82, 2.24) is 9.80 Å². The fraction of sp³-hybridized carbons (Fsp3) is 0.391. The van der Waals surface area contributed by atoms with E-state index in [9.17, 15) is 9.59 Å². The van der Waals surface area contributed by atoms with Gasteiger partial charge in [0.15, 0.2) is 0 Å². The molecule has 0 aromatic heterocycles. The number of fused-ring (bicyclic) bond motifs is 1. The lowest BCUT2D eigenvalue weighted by atomic mass is 9.89. The highest BCUT2D eigenvalue weighted by atomic mass is 16.5. The number of benzene rings is 2. The number of hydrogen-bond acceptors (Lipinski definition) is 4. The van der Waals surface area contributed by atoms with E-state index in [-0.39, 0.29) is 29.9 Å². The molecule has 3 atom stereocenters. The third-order valence-electron chi connectivity index (χ3n) is 5.64. The number of likely N-dealkylation sites (tertiary alicyclic amines) is 2. The summed E-state index contributed by atoms with van der Waals surface area (Å²) in [5, 5.41) is 0. The lowest BCUT2D eigenvalue weighted by Crippen LogP contribution is -2.52. The van der Waals surface area contributed by atoms with Crippen molar-refractivity contribution in [3.05, 3.63) is 71.8 Å². The van der Waals surface area contributed by atoms with E-state index in [4.69, 9.17) is 4.74 Å². The Balaban J connectivity index is 1.54. The first-order valence-corrected chi connectivity index (χ1v) is 9.88. The van der Waals surface area contributed by atoms with Gasteiger partial charge in [-0.1, -0.05) is 60.7 Å². The van der Waals surface area contributed by atoms with Crippen molar-refractivity contribution in [3.63, 3.8) is 0 Å². The molecule has 2 aromatic carbocycles. The second-order valence-corrected chi connectivity index (χ2v) is 7.79. The molecule has 1 amide bonds. The molecule has 5 nitrogen and oxygen atoms in total. The fourth-order valence-electron chi connectivity index (χ4n) is 4.55. The minimum atomic E-state index is -0.256. The Bertz CT molecular complexity index is 824. The average molecular weight is 378 g/mol. The molecule has 2 fully saturated rings. The molecule has 2 heterocycles. The van der Waals surface area contributed by atoms with Crippen molar-refractivity contribution in [2.24, 2.45) is 5.92 Å². The van der Waals surface area contributed by atoms with Gasteiger partial charge in [0.05, 0.1) is 6.04 Å². The van der Waals surface area contributed by atoms with Crippen LogP contribution >= 0.6 is 0 Å². The van der Waals surface area contributed by atoms with Gasteiger partial charge in [0.2, 0.25) is 5.91 Å². The lowest BCUT2D eigenvalue weighted by Gasteiger charge is -2.39. The molecule has 0 radical (unpaired) electrons. The summed E-state index contributed by atoms with van der Waals surface area (Å²) in [6, 6.07) is 20.1. The monoisotopic (exact) mass is 378 g/mol. The topological polar surface area (TPSA) is 49.9 Å². The van der Waals surface area contributed by atoms with Crippen molar-refractivity contribution in [2.45, 2.75) is 38.6 Å². The van der Waals surface area contributed by atoms with Crippen LogP contribution in [-0.4, -0.2) is 46.9 Å². The lowest BCUT2D eigenvalue weighted by molar-refractivity contribution is -0.152. The minimum Gasteiger partial charge on any atom is -0.461 e. The van der Waals surface area contributed by atoms with E-state index < -0.39 is 0 Å². The zero-order valence-corrected chi connectivity index (χ0v) is 16.2. The molecule has 146 valence electrons. The van der Waals surface area contributed by atoms with Crippen LogP contribution in [0.5, 0.6) is 0 Å². The Morgan fingerprint density at radius 1 is 0.964 bits per heavy atom. The number of ether oxygens (including phenoxy) is 1. The van der Waals surface area contributed by atoms with Gasteiger partial charge in [-0.3, -0.25) is 14.5 Å². The number of carbonyl (C=O) groups excluding carboxylic acids is 2. The molecule has 2 aliphatic rings. The van der Waals surface area contributed by atoms with Gasteiger partial charge in [0.25, 0.3) is 0 Å². The predicted octanol–water partition coefficient (Wildman–Crippen LogP) is 2.85. The first kappa shape index (κ1) is 18.7. The van der Waals surface area contributed by atoms with E-state index in [1.54, 1.807) is 0 Å². The summed E-state index contributed by atoms with van der Waals surface area (Å²) in [5.41, 5.74) is 2.31. The maximum atomic E-state index is 13.3. The Kier molecular flexibility index (Phi) is 5.44. The highest BCUT2D eigenvalue weighted by Gasteiger charge is 2.48. The Hall–Kier alpha value is -2.66. The number of amides is 1. The molecule has 0 spiro atoms. The van der Waals surface area contributed by atoms with Crippen LogP contribution in [0, 0.1) is 5.92 Å². The first-order chi connectivity index (χ1) is 13.6. The fourth-order valence-corrected chi connectivity index (χ4v) is 4.55. The first-order valence-electron chi connectivity index (χ1n) is 9.88. The number of carbonyl (C=O) groups is 2. The van der Waals surface area contributed by atoms with Crippen molar-refractivity contribution >= 4 is 11.9 Å². The third-order valence-corrected chi connectivity index (χ3v) is 5.64. The van der Waals surface area contributed by atoms with Crippen LogP contribution in [0.15, 0.2) is 60.7 Å². The van der Waals surface area contributed by atoms with Crippen LogP contribution in [0.3, 0.4) is 0 Å². The SMILES string of the molecule is CC(=O)O[C@@H]1CC2CN(Cc3ccccc3)C(=O)[C@H]2N(Cc2ccccc2)C1. The quantitative estimate of drug-likeness (QED) is 0.751. The largest absolute Gasteiger partial charge is 0.461 e. The summed E-state index contributed by atoms with van der Waals surface area (Å²) < 4.78 is 5.55. The number of piperidine rings is 1. The molecule has 5 heteroatoms. The normalized spacial score (nSPS) is 24.8. The number of esters is 1. The molecule has 28 heavy (non-hydrogen) atoms. The van der Waals surface area contributed by atoms with Gasteiger partial charge < -0.3 is 9.64 Å². The molecule has 2 aromatic rings. The van der Waals surface area contributed by atoms with Crippen LogP contribution in [0.4, 0.5) is 0 Å². The Morgan fingerprint density at radius 3 is 2.18 bits per heavy atom. The van der Waals surface area contributed by atoms with E-state index in [2.05, 4.69) is 29.2 Å². The highest BCUT2D eigenvalue weighted by Crippen LogP contribution is 2.34. The molecule has 2 saturated heterocycles. The maximum absolute atomic E-state index is 13.3. The van der Waals surface area contributed by atoms with Crippen molar-refractivity contribution in [3.8, 4) is 0 Å². The van der Waals surface area contributed by atoms with E-state index >= 15 is 0 Å². The average Bonchev–Trinajstić information content (AvgIpc) is 2.98. The van der Waals surface area contributed by atoms with Crippen LogP contribution < -0.4 is 0 Å². The molecule has 2 aliphatic heterocycles. The van der Waals surface area contributed by atoms with Crippen molar-refractivity contribution in [2.75, 3.05) is 13.1 Å². The van der Waals surface area contributed by atoms with Crippen LogP contribution in [-0.2, 0) is 27.4 Å². The molecule has 0 N–H and O–H groups in total. The standard InChI is InChI=1S/C23H26N2O3/c1-17(26)28-21-12-20-15-25(14-19-10-6-3-7-11-19)23(27)22(20)24(16-21)13-18-8-4-2-5-9-18/h2-11,20-22H,12-16H2,1H3/t20?,21-,22+/m1/s1. The van der Waals surface area contributed by atoms with Gasteiger partial charge in [-0.15, -0.1) is 0 Å². The maximum Gasteiger partial charge on any atom is 0.302 e. The van der Waals surface area contributed by atoms with Gasteiger partial charge in [0.1, 0.15) is 6.10 Å². The summed E-state index contributed by atoms with van der Waals surface area (Å²) in [6.07, 6.45) is 0.582. The molecule has 0 bridgehead atoms. The Morgan fingerprint density at radius 2 is 1.57 bits per heavy atom. The smallest absolute Gasteiger partial charge is 0.302 e. The molecule has 1 unspecified atom stereocenters. The second kappa shape index (κ2) is 8.15. The van der Waals surface area contributed by atoms with E-state index in [1.165, 1.54) is 12.5 Å². The summed E-state index contributed by atoms with van der Waals surface area (Å²) in [6.45, 7) is 4.08. The van der Waals surface area contributed by atoms with Gasteiger partial charge in [0, 0.05) is 39.0 Å². The van der Waals surface area contributed by atoms with Crippen molar-refractivity contribution in [1.29, 1.82) is 0 Å². The highest BCUT2D eigenvalue weighted by molar-refractivity contribution is 5.84. The van der Waals surface area contributed by atoms with E-state index in [0.717, 1.165) is 12.0 Å². The summed E-state index contributed by atoms with van der Waals surface area (Å²) in [4.78, 5) is 28.9. The molecule has 0 aliphatic carbocycles. The second-order valence-electron chi connectivity index (χ2n) is 7.79. The third kappa shape index (κ3) is 4.09. The minimum absolute atomic E-state index is 0.143. The van der Waals surface area contributed by atoms with Crippen LogP contribution in [0.1, 0.15) is 24.5 Å². The van der Waals surface area contributed by atoms with Gasteiger partial charge in [-0.25, -0.2) is 0 Å². The van der Waals surface area contributed by atoms with E-state index in [0.29, 0.717) is 26.2 Å². The van der Waals surface area contributed by atoms with Gasteiger partial charge >= 0.3 is 5.97 Å². The molecule has 0 saturated carbocycles. The molecule has 4 rings (SSSR count). The summed E-state index contributed by atoms with van der Waals surface area (Å²) in [5.74, 6) is 0.109. The zero-order chi connectivity index (χ0) is 19.5.